The van der Waals surface area contributed by atoms with Crippen LogP contribution in [0.3, 0.4) is 0 Å². The molecule has 20 heavy (non-hydrogen) atoms. The third-order valence-electron chi connectivity index (χ3n) is 2.16. The van der Waals surface area contributed by atoms with Crippen molar-refractivity contribution in [3.63, 3.8) is 0 Å². The van der Waals surface area contributed by atoms with Gasteiger partial charge in [0.15, 0.2) is 0 Å². The Balaban J connectivity index is 0. The van der Waals surface area contributed by atoms with Crippen LogP contribution in [-0.2, 0) is 19.1 Å². The topological polar surface area (TPSA) is 52.6 Å². The van der Waals surface area contributed by atoms with E-state index in [4.69, 9.17) is 9.47 Å². The molecule has 0 saturated heterocycles. The summed E-state index contributed by atoms with van der Waals surface area (Å²) in [5.41, 5.74) is -0.371. The summed E-state index contributed by atoms with van der Waals surface area (Å²) < 4.78 is 9.83. The minimum atomic E-state index is -0.371. The highest BCUT2D eigenvalue weighted by Gasteiger charge is 2.23. The molecule has 0 spiro atoms. The number of ether oxygens (including phenoxy) is 2. The number of esters is 2. The molecule has 0 bridgehead atoms. The monoisotopic (exact) mass is 288 g/mol. The lowest BCUT2D eigenvalue weighted by atomic mass is 9.97. The zero-order chi connectivity index (χ0) is 16.2. The molecule has 0 aliphatic carbocycles. The zero-order valence-electron chi connectivity index (χ0n) is 14.2. The first-order valence-corrected chi connectivity index (χ1v) is 7.51. The SMILES string of the molecule is CC(C)OC(=O)C(C)(C)C.CCCCC(=O)OCCC. The second-order valence-corrected chi connectivity index (χ2v) is 6.03. The lowest BCUT2D eigenvalue weighted by molar-refractivity contribution is -0.156. The van der Waals surface area contributed by atoms with E-state index in [1.807, 2.05) is 41.5 Å². The van der Waals surface area contributed by atoms with E-state index in [0.29, 0.717) is 13.0 Å². The van der Waals surface area contributed by atoms with E-state index in [0.717, 1.165) is 19.3 Å². The smallest absolute Gasteiger partial charge is 0.311 e. The summed E-state index contributed by atoms with van der Waals surface area (Å²) >= 11 is 0. The predicted molar refractivity (Wildman–Crippen MR) is 81.5 cm³/mol. The first kappa shape index (κ1) is 21.2. The third-order valence-corrected chi connectivity index (χ3v) is 2.16. The molecular weight excluding hydrogens is 256 g/mol. The summed E-state index contributed by atoms with van der Waals surface area (Å²) in [4.78, 5) is 21.8. The van der Waals surface area contributed by atoms with E-state index in [-0.39, 0.29) is 23.5 Å². The van der Waals surface area contributed by atoms with Gasteiger partial charge in [0, 0.05) is 6.42 Å². The van der Waals surface area contributed by atoms with Crippen LogP contribution >= 0.6 is 0 Å². The molecule has 0 radical (unpaired) electrons. The number of hydrogen-bond acceptors (Lipinski definition) is 4. The molecular formula is C16H32O4. The fourth-order valence-electron chi connectivity index (χ4n) is 1.00. The van der Waals surface area contributed by atoms with Crippen LogP contribution < -0.4 is 0 Å². The molecule has 0 atom stereocenters. The quantitative estimate of drug-likeness (QED) is 0.690. The minimum absolute atomic E-state index is 0.00766. The van der Waals surface area contributed by atoms with Crippen LogP contribution in [0.4, 0.5) is 0 Å². The van der Waals surface area contributed by atoms with Crippen molar-refractivity contribution in [3.05, 3.63) is 0 Å². The maximum atomic E-state index is 11.1. The van der Waals surface area contributed by atoms with Gasteiger partial charge < -0.3 is 9.47 Å². The van der Waals surface area contributed by atoms with Gasteiger partial charge in [0.05, 0.1) is 18.1 Å². The average molecular weight is 288 g/mol. The van der Waals surface area contributed by atoms with E-state index in [1.54, 1.807) is 0 Å². The number of rotatable bonds is 6. The lowest BCUT2D eigenvalue weighted by Crippen LogP contribution is -2.25. The molecule has 0 amide bonds. The standard InChI is InChI=1S/2C8H16O2/c1-6(2)10-7(9)8(3,4)5;1-3-5-6-8(9)10-7-4-2/h6H,1-5H3;3-7H2,1-2H3. The van der Waals surface area contributed by atoms with Gasteiger partial charge in [-0.15, -0.1) is 0 Å². The Kier molecular flexibility index (Phi) is 12.5. The van der Waals surface area contributed by atoms with E-state index < -0.39 is 0 Å². The van der Waals surface area contributed by atoms with Crippen LogP contribution in [0, 0.1) is 5.41 Å². The Labute approximate surface area is 124 Å². The van der Waals surface area contributed by atoms with Crippen molar-refractivity contribution in [3.8, 4) is 0 Å². The van der Waals surface area contributed by atoms with Crippen LogP contribution in [0.15, 0.2) is 0 Å². The van der Waals surface area contributed by atoms with E-state index in [9.17, 15) is 9.59 Å². The van der Waals surface area contributed by atoms with Gasteiger partial charge in [-0.1, -0.05) is 20.3 Å². The molecule has 0 N–H and O–H groups in total. The van der Waals surface area contributed by atoms with Crippen molar-refractivity contribution in [1.29, 1.82) is 0 Å². The Morgan fingerprint density at radius 3 is 1.90 bits per heavy atom. The average Bonchev–Trinajstić information content (AvgIpc) is 2.32. The molecule has 0 fully saturated rings. The van der Waals surface area contributed by atoms with Crippen molar-refractivity contribution >= 4 is 11.9 Å². The molecule has 0 aliphatic rings. The molecule has 0 aromatic rings. The van der Waals surface area contributed by atoms with Gasteiger partial charge in [-0.3, -0.25) is 9.59 Å². The summed E-state index contributed by atoms with van der Waals surface area (Å²) in [5.74, 6) is -0.189. The van der Waals surface area contributed by atoms with Crippen LogP contribution in [0.2, 0.25) is 0 Å². The van der Waals surface area contributed by atoms with Gasteiger partial charge in [-0.25, -0.2) is 0 Å². The summed E-state index contributed by atoms with van der Waals surface area (Å²) in [6.07, 6.45) is 3.49. The van der Waals surface area contributed by atoms with Crippen LogP contribution in [-0.4, -0.2) is 24.6 Å². The highest BCUT2D eigenvalue weighted by atomic mass is 16.5. The Hall–Kier alpha value is -1.06. The summed E-state index contributed by atoms with van der Waals surface area (Å²) in [7, 11) is 0. The number of unbranched alkanes of at least 4 members (excludes halogenated alkanes) is 1. The highest BCUT2D eigenvalue weighted by molar-refractivity contribution is 5.75. The van der Waals surface area contributed by atoms with Crippen molar-refractivity contribution < 1.29 is 19.1 Å². The third kappa shape index (κ3) is 15.0. The van der Waals surface area contributed by atoms with Crippen molar-refractivity contribution in [2.45, 2.75) is 80.3 Å². The van der Waals surface area contributed by atoms with E-state index in [2.05, 4.69) is 6.92 Å². The van der Waals surface area contributed by atoms with Crippen LogP contribution in [0.25, 0.3) is 0 Å². The second kappa shape index (κ2) is 11.7. The molecule has 0 heterocycles. The van der Waals surface area contributed by atoms with Gasteiger partial charge in [0.2, 0.25) is 0 Å². The largest absolute Gasteiger partial charge is 0.466 e. The van der Waals surface area contributed by atoms with Gasteiger partial charge in [-0.2, -0.15) is 0 Å². The molecule has 0 unspecified atom stereocenters. The molecule has 0 aliphatic heterocycles. The van der Waals surface area contributed by atoms with Gasteiger partial charge in [0.1, 0.15) is 0 Å². The van der Waals surface area contributed by atoms with Crippen molar-refractivity contribution in [1.82, 2.24) is 0 Å². The molecule has 0 saturated carbocycles. The van der Waals surface area contributed by atoms with Crippen molar-refractivity contribution in [2.24, 2.45) is 5.41 Å². The van der Waals surface area contributed by atoms with Crippen LogP contribution in [0.5, 0.6) is 0 Å². The van der Waals surface area contributed by atoms with Gasteiger partial charge in [-0.05, 0) is 47.5 Å². The summed E-state index contributed by atoms with van der Waals surface area (Å²) in [6.45, 7) is 13.9. The predicted octanol–water partition coefficient (Wildman–Crippen LogP) is 4.11. The summed E-state index contributed by atoms with van der Waals surface area (Å²) in [6, 6.07) is 0. The first-order valence-electron chi connectivity index (χ1n) is 7.51. The number of carbonyl (C=O) groups is 2. The maximum Gasteiger partial charge on any atom is 0.311 e. The Bertz CT molecular complexity index is 254. The first-order chi connectivity index (χ1) is 9.15. The fourth-order valence-corrected chi connectivity index (χ4v) is 1.00. The Morgan fingerprint density at radius 1 is 1.05 bits per heavy atom. The maximum absolute atomic E-state index is 11.1. The van der Waals surface area contributed by atoms with Gasteiger partial charge in [0.25, 0.3) is 0 Å². The number of hydrogen-bond donors (Lipinski definition) is 0. The molecule has 4 nitrogen and oxygen atoms in total. The fraction of sp³-hybridized carbons (Fsp3) is 0.875. The normalized spacial score (nSPS) is 10.6. The molecule has 4 heteroatoms. The summed E-state index contributed by atoms with van der Waals surface area (Å²) in [5, 5.41) is 0. The van der Waals surface area contributed by atoms with Gasteiger partial charge >= 0.3 is 11.9 Å². The van der Waals surface area contributed by atoms with E-state index in [1.165, 1.54) is 0 Å². The number of carbonyl (C=O) groups excluding carboxylic acids is 2. The Morgan fingerprint density at radius 2 is 1.60 bits per heavy atom. The molecule has 120 valence electrons. The highest BCUT2D eigenvalue weighted by Crippen LogP contribution is 2.15. The molecule has 0 aromatic carbocycles. The lowest BCUT2D eigenvalue weighted by Gasteiger charge is -2.18. The zero-order valence-corrected chi connectivity index (χ0v) is 14.2. The second-order valence-electron chi connectivity index (χ2n) is 6.03. The minimum Gasteiger partial charge on any atom is -0.466 e. The van der Waals surface area contributed by atoms with Crippen molar-refractivity contribution in [2.75, 3.05) is 6.61 Å². The molecule has 0 rings (SSSR count). The van der Waals surface area contributed by atoms with E-state index >= 15 is 0 Å². The molecule has 0 aromatic heterocycles. The van der Waals surface area contributed by atoms with Crippen LogP contribution in [0.1, 0.15) is 74.1 Å².